The molecule has 0 aromatic rings. The molecule has 3 N–H and O–H groups in total. The van der Waals surface area contributed by atoms with Gasteiger partial charge in [0.2, 0.25) is 0 Å². The first kappa shape index (κ1) is 24.6. The summed E-state index contributed by atoms with van der Waals surface area (Å²) in [5, 5.41) is 28.2. The van der Waals surface area contributed by atoms with Gasteiger partial charge < -0.3 is 27.0 Å². The summed E-state index contributed by atoms with van der Waals surface area (Å²) in [6.07, 6.45) is 12.2. The van der Waals surface area contributed by atoms with E-state index in [-0.39, 0.29) is 64.0 Å². The fourth-order valence-electron chi connectivity index (χ4n) is 1.49. The molecule has 5 heteroatoms. The Hall–Kier alpha value is 0.315. The molecular formula is C17H25O4Rb. The Balaban J connectivity index is 0. The second kappa shape index (κ2) is 16.2. The van der Waals surface area contributed by atoms with E-state index < -0.39 is 18.3 Å². The van der Waals surface area contributed by atoms with E-state index in [1.165, 1.54) is 13.0 Å². The topological polar surface area (TPSA) is 77.8 Å². The van der Waals surface area contributed by atoms with Crippen molar-refractivity contribution in [1.82, 2.24) is 0 Å². The molecule has 22 heavy (non-hydrogen) atoms. The van der Waals surface area contributed by atoms with Gasteiger partial charge in [-0.25, -0.2) is 0 Å². The van der Waals surface area contributed by atoms with Crippen molar-refractivity contribution in [3.63, 3.8) is 0 Å². The fourth-order valence-corrected chi connectivity index (χ4v) is 1.49. The van der Waals surface area contributed by atoms with Crippen LogP contribution in [0.2, 0.25) is 0 Å². The largest absolute Gasteiger partial charge is 1.00 e. The van der Waals surface area contributed by atoms with Gasteiger partial charge in [0.25, 0.3) is 0 Å². The van der Waals surface area contributed by atoms with Gasteiger partial charge in [-0.15, -0.1) is 0 Å². The molecule has 0 rings (SSSR count). The maximum Gasteiger partial charge on any atom is 1.00 e. The summed E-state index contributed by atoms with van der Waals surface area (Å²) < 4.78 is 0. The summed E-state index contributed by atoms with van der Waals surface area (Å²) in [7, 11) is 0. The van der Waals surface area contributed by atoms with Gasteiger partial charge in [0, 0.05) is 6.42 Å². The van der Waals surface area contributed by atoms with Crippen molar-refractivity contribution in [3.05, 3.63) is 55.5 Å². The third-order valence-corrected chi connectivity index (χ3v) is 2.62. The summed E-state index contributed by atoms with van der Waals surface area (Å²) in [4.78, 5) is 10.8. The quantitative estimate of drug-likeness (QED) is 0.333. The van der Waals surface area contributed by atoms with Crippen LogP contribution in [-0.2, 0) is 4.79 Å². The summed E-state index contributed by atoms with van der Waals surface area (Å²) >= 11 is 0. The van der Waals surface area contributed by atoms with E-state index in [1.54, 1.807) is 42.5 Å². The molecule has 0 aliphatic carbocycles. The Morgan fingerprint density at radius 1 is 1.00 bits per heavy atom. The van der Waals surface area contributed by atoms with Crippen LogP contribution in [0.4, 0.5) is 0 Å². The van der Waals surface area contributed by atoms with E-state index in [1.807, 2.05) is 0 Å². The predicted molar refractivity (Wildman–Crippen MR) is 84.5 cm³/mol. The first-order chi connectivity index (χ1) is 9.93. The Morgan fingerprint density at radius 3 is 2.00 bits per heavy atom. The normalized spacial score (nSPS) is 16.4. The molecule has 0 spiro atoms. The second-order valence-electron chi connectivity index (χ2n) is 4.76. The molecule has 0 aromatic carbocycles. The van der Waals surface area contributed by atoms with Crippen LogP contribution in [0.15, 0.2) is 48.6 Å². The number of aliphatic hydroxyl groups is 3. The van der Waals surface area contributed by atoms with Gasteiger partial charge in [0.05, 0.1) is 12.2 Å². The van der Waals surface area contributed by atoms with Crippen molar-refractivity contribution in [2.75, 3.05) is 0 Å². The molecule has 0 radical (unpaired) electrons. The average molecular weight is 379 g/mol. The van der Waals surface area contributed by atoms with E-state index in [9.17, 15) is 15.0 Å². The zero-order chi connectivity index (χ0) is 16.1. The minimum atomic E-state index is -0.938. The van der Waals surface area contributed by atoms with E-state index in [4.69, 9.17) is 5.11 Å². The van der Waals surface area contributed by atoms with E-state index >= 15 is 0 Å². The molecular weight excluding hydrogens is 354 g/mol. The molecule has 0 aliphatic rings. The van der Waals surface area contributed by atoms with Crippen LogP contribution in [0, 0.1) is 6.92 Å². The maximum absolute atomic E-state index is 10.8. The molecule has 0 amide bonds. The van der Waals surface area contributed by atoms with Gasteiger partial charge in [0.1, 0.15) is 5.78 Å². The van der Waals surface area contributed by atoms with Gasteiger partial charge in [0.15, 0.2) is 0 Å². The number of hydrogen-bond donors (Lipinski definition) is 3. The second-order valence-corrected chi connectivity index (χ2v) is 4.76. The van der Waals surface area contributed by atoms with Gasteiger partial charge in [-0.05, 0) is 19.8 Å². The third-order valence-electron chi connectivity index (χ3n) is 2.62. The summed E-state index contributed by atoms with van der Waals surface area (Å²) in [6.45, 7) is 4.90. The number of ketones is 1. The number of Topliss-reactive ketones (excluding diaryl/α,β-unsaturated/α-hetero) is 1. The molecule has 0 aromatic heterocycles. The number of carbonyl (C=O) groups is 1. The molecule has 1 unspecified atom stereocenters. The molecule has 118 valence electrons. The summed E-state index contributed by atoms with van der Waals surface area (Å²) in [5.41, 5.74) is 0. The number of allylic oxidation sites excluding steroid dienone is 6. The number of carbonyl (C=O) groups excluding carboxylic acids is 1. The van der Waals surface area contributed by atoms with Crippen molar-refractivity contribution in [2.24, 2.45) is 0 Å². The van der Waals surface area contributed by atoms with Gasteiger partial charge >= 0.3 is 58.2 Å². The molecule has 0 heterocycles. The van der Waals surface area contributed by atoms with Crippen molar-refractivity contribution >= 4 is 5.78 Å². The molecule has 0 saturated carbocycles. The molecule has 0 fully saturated rings. The van der Waals surface area contributed by atoms with Gasteiger partial charge in [-0.2, -0.15) is 0 Å². The fraction of sp³-hybridized carbons (Fsp3) is 0.412. The van der Waals surface area contributed by atoms with Crippen LogP contribution in [0.25, 0.3) is 0 Å². The van der Waals surface area contributed by atoms with Gasteiger partial charge in [-0.1, -0.05) is 54.7 Å². The number of hydrogen-bond acceptors (Lipinski definition) is 4. The van der Waals surface area contributed by atoms with Crippen molar-refractivity contribution in [3.8, 4) is 0 Å². The SMILES string of the molecule is [CH2-]C(O)/C=C/C=C\C=C\C=C\[C@@H](O)[C@@H](O)CCCC(C)=O.[Rb+]. The summed E-state index contributed by atoms with van der Waals surface area (Å²) in [6, 6.07) is 0. The average Bonchev–Trinajstić information content (AvgIpc) is 2.40. The minimum Gasteiger partial charge on any atom is -0.421 e. The zero-order valence-electron chi connectivity index (χ0n) is 13.4. The van der Waals surface area contributed by atoms with Crippen LogP contribution >= 0.6 is 0 Å². The molecule has 0 aliphatic heterocycles. The van der Waals surface area contributed by atoms with Crippen LogP contribution in [0.3, 0.4) is 0 Å². The first-order valence-electron chi connectivity index (χ1n) is 6.98. The van der Waals surface area contributed by atoms with E-state index in [0.717, 1.165) is 0 Å². The third kappa shape index (κ3) is 16.7. The van der Waals surface area contributed by atoms with Crippen molar-refractivity contribution < 1.29 is 78.3 Å². The number of aliphatic hydroxyl groups excluding tert-OH is 3. The number of rotatable bonds is 10. The van der Waals surface area contributed by atoms with Crippen molar-refractivity contribution in [1.29, 1.82) is 0 Å². The first-order valence-corrected chi connectivity index (χ1v) is 6.98. The Bertz CT molecular complexity index is 397. The van der Waals surface area contributed by atoms with Crippen LogP contribution in [-0.4, -0.2) is 39.4 Å². The van der Waals surface area contributed by atoms with Crippen LogP contribution < -0.4 is 58.2 Å². The monoisotopic (exact) mass is 378 g/mol. The minimum absolute atomic E-state index is 0. The van der Waals surface area contributed by atoms with E-state index in [0.29, 0.717) is 19.3 Å². The van der Waals surface area contributed by atoms with Crippen LogP contribution in [0.5, 0.6) is 0 Å². The molecule has 0 bridgehead atoms. The molecule has 0 saturated heterocycles. The maximum atomic E-state index is 10.8. The zero-order valence-corrected chi connectivity index (χ0v) is 18.3. The molecule has 4 nitrogen and oxygen atoms in total. The Kier molecular flexibility index (Phi) is 18.1. The molecule has 3 atom stereocenters. The Labute approximate surface area is 182 Å². The van der Waals surface area contributed by atoms with E-state index in [2.05, 4.69) is 6.92 Å². The Morgan fingerprint density at radius 2 is 1.50 bits per heavy atom. The van der Waals surface area contributed by atoms with Crippen LogP contribution in [0.1, 0.15) is 26.2 Å². The predicted octanol–water partition coefficient (Wildman–Crippen LogP) is -1.11. The van der Waals surface area contributed by atoms with Gasteiger partial charge in [-0.3, -0.25) is 0 Å². The standard InChI is InChI=1S/C17H25O4.Rb/c1-14(18)10-7-5-3-4-6-8-12-16(20)17(21)13-9-11-15(2)19;/h3-8,10,12,14,16-18,20-21H,1,9,11,13H2,2H3;/q-1;+1/b5-3-,6-4+,10-7+,12-8+;/t14?,16-,17+;/m1./s1. The smallest absolute Gasteiger partial charge is 0.421 e. The summed E-state index contributed by atoms with van der Waals surface area (Å²) in [5.74, 6) is 0.0855. The van der Waals surface area contributed by atoms with Crippen molar-refractivity contribution in [2.45, 2.75) is 44.5 Å².